The van der Waals surface area contributed by atoms with Gasteiger partial charge in [0.05, 0.1) is 12.2 Å². The standard InChI is InChI=1S/C24H37N5O4/c1-17(2)26-22(31)15-28-14-19-20(27-24(28)25)10-6-11-21(19)33-16-23(32)29(12-7-13-30)18-8-4-3-5-9-18/h6,10-11,17-18,30H,3-5,7-9,12-16H2,1-2H3,(H2,25,27)(H,26,31). The minimum atomic E-state index is -0.132. The number of nitrogens with one attached hydrogen (secondary N) is 1. The lowest BCUT2D eigenvalue weighted by Gasteiger charge is -2.34. The van der Waals surface area contributed by atoms with Gasteiger partial charge in [-0.15, -0.1) is 0 Å². The number of rotatable bonds is 10. The Morgan fingerprint density at radius 2 is 2.06 bits per heavy atom. The fraction of sp³-hybridized carbons (Fsp3) is 0.625. The van der Waals surface area contributed by atoms with Gasteiger partial charge in [0, 0.05) is 30.8 Å². The average Bonchev–Trinajstić information content (AvgIpc) is 2.78. The molecule has 9 nitrogen and oxygen atoms in total. The first kappa shape index (κ1) is 24.8. The van der Waals surface area contributed by atoms with E-state index in [1.54, 1.807) is 4.90 Å². The molecule has 1 aromatic rings. The maximum absolute atomic E-state index is 13.1. The summed E-state index contributed by atoms with van der Waals surface area (Å²) in [5, 5.41) is 12.1. The van der Waals surface area contributed by atoms with Gasteiger partial charge in [0.15, 0.2) is 12.6 Å². The Hall–Kier alpha value is -2.81. The molecule has 0 spiro atoms. The zero-order chi connectivity index (χ0) is 23.8. The van der Waals surface area contributed by atoms with Crippen molar-refractivity contribution in [1.82, 2.24) is 15.1 Å². The fourth-order valence-electron chi connectivity index (χ4n) is 4.46. The molecule has 1 aliphatic carbocycles. The first-order valence-corrected chi connectivity index (χ1v) is 11.9. The van der Waals surface area contributed by atoms with Crippen LogP contribution in [0, 0.1) is 0 Å². The van der Waals surface area contributed by atoms with Crippen LogP contribution < -0.4 is 15.8 Å². The van der Waals surface area contributed by atoms with Crippen LogP contribution >= 0.6 is 0 Å². The van der Waals surface area contributed by atoms with Gasteiger partial charge < -0.3 is 30.7 Å². The molecule has 2 amide bonds. The summed E-state index contributed by atoms with van der Waals surface area (Å²) in [6.45, 7) is 4.79. The number of benzene rings is 1. The summed E-state index contributed by atoms with van der Waals surface area (Å²) in [4.78, 5) is 33.3. The quantitative estimate of drug-likeness (QED) is 0.491. The molecule has 1 aromatic carbocycles. The van der Waals surface area contributed by atoms with Crippen molar-refractivity contribution in [1.29, 1.82) is 0 Å². The van der Waals surface area contributed by atoms with Crippen molar-refractivity contribution in [2.45, 2.75) is 71.0 Å². The largest absolute Gasteiger partial charge is 0.483 e. The van der Waals surface area contributed by atoms with Gasteiger partial charge in [-0.2, -0.15) is 0 Å². The number of aliphatic imine (C=N–C) groups is 1. The van der Waals surface area contributed by atoms with Crippen LogP contribution in [-0.2, 0) is 16.1 Å². The lowest BCUT2D eigenvalue weighted by molar-refractivity contribution is -0.136. The number of aliphatic hydroxyl groups excluding tert-OH is 1. The predicted octanol–water partition coefficient (Wildman–Crippen LogP) is 1.90. The summed E-state index contributed by atoms with van der Waals surface area (Å²) >= 11 is 0. The zero-order valence-electron chi connectivity index (χ0n) is 19.8. The van der Waals surface area contributed by atoms with Crippen molar-refractivity contribution in [2.75, 3.05) is 26.3 Å². The highest BCUT2D eigenvalue weighted by molar-refractivity contribution is 5.89. The van der Waals surface area contributed by atoms with Gasteiger partial charge in [-0.1, -0.05) is 25.3 Å². The molecule has 0 saturated heterocycles. The first-order valence-electron chi connectivity index (χ1n) is 11.9. The van der Waals surface area contributed by atoms with Crippen molar-refractivity contribution in [3.8, 4) is 5.75 Å². The van der Waals surface area contributed by atoms with E-state index in [0.717, 1.165) is 31.2 Å². The second kappa shape index (κ2) is 11.9. The van der Waals surface area contributed by atoms with Crippen LogP contribution in [0.15, 0.2) is 23.2 Å². The van der Waals surface area contributed by atoms with E-state index in [1.807, 2.05) is 36.9 Å². The fourth-order valence-corrected chi connectivity index (χ4v) is 4.46. The zero-order valence-corrected chi connectivity index (χ0v) is 19.8. The van der Waals surface area contributed by atoms with Crippen LogP contribution in [0.5, 0.6) is 5.75 Å². The second-order valence-corrected chi connectivity index (χ2v) is 9.05. The third-order valence-corrected chi connectivity index (χ3v) is 6.04. The van der Waals surface area contributed by atoms with Gasteiger partial charge in [-0.25, -0.2) is 4.99 Å². The summed E-state index contributed by atoms with van der Waals surface area (Å²) < 4.78 is 5.98. The van der Waals surface area contributed by atoms with Crippen molar-refractivity contribution in [3.63, 3.8) is 0 Å². The molecule has 33 heavy (non-hydrogen) atoms. The third-order valence-electron chi connectivity index (χ3n) is 6.04. The van der Waals surface area contributed by atoms with Crippen molar-refractivity contribution in [2.24, 2.45) is 10.7 Å². The van der Waals surface area contributed by atoms with Crippen molar-refractivity contribution < 1.29 is 19.4 Å². The van der Waals surface area contributed by atoms with Gasteiger partial charge in [-0.3, -0.25) is 9.59 Å². The van der Waals surface area contributed by atoms with Gasteiger partial charge in [0.25, 0.3) is 5.91 Å². The number of guanidine groups is 1. The number of hydrogen-bond donors (Lipinski definition) is 3. The maximum atomic E-state index is 13.1. The van der Waals surface area contributed by atoms with Crippen LogP contribution in [0.3, 0.4) is 0 Å². The number of fused-ring (bicyclic) bond motifs is 1. The van der Waals surface area contributed by atoms with E-state index in [1.165, 1.54) is 6.42 Å². The molecular formula is C24H37N5O4. The lowest BCUT2D eigenvalue weighted by Crippen LogP contribution is -2.46. The summed E-state index contributed by atoms with van der Waals surface area (Å²) in [6, 6.07) is 5.73. The van der Waals surface area contributed by atoms with E-state index in [4.69, 9.17) is 10.5 Å². The Bertz CT molecular complexity index is 851. The molecule has 1 aliphatic heterocycles. The van der Waals surface area contributed by atoms with Gasteiger partial charge >= 0.3 is 0 Å². The Morgan fingerprint density at radius 1 is 1.30 bits per heavy atom. The van der Waals surface area contributed by atoms with Crippen LogP contribution in [-0.4, -0.2) is 71.1 Å². The Kier molecular flexibility index (Phi) is 8.94. The van der Waals surface area contributed by atoms with E-state index in [2.05, 4.69) is 10.3 Å². The molecule has 0 unspecified atom stereocenters. The van der Waals surface area contributed by atoms with E-state index in [-0.39, 0.29) is 49.6 Å². The number of carbonyl (C=O) groups is 2. The summed E-state index contributed by atoms with van der Waals surface area (Å²) in [6.07, 6.45) is 6.02. The smallest absolute Gasteiger partial charge is 0.260 e. The molecule has 3 rings (SSSR count). The minimum Gasteiger partial charge on any atom is -0.483 e. The Morgan fingerprint density at radius 3 is 2.76 bits per heavy atom. The van der Waals surface area contributed by atoms with E-state index in [0.29, 0.717) is 30.9 Å². The van der Waals surface area contributed by atoms with Crippen LogP contribution in [0.4, 0.5) is 5.69 Å². The molecule has 2 aliphatic rings. The topological polar surface area (TPSA) is 120 Å². The number of hydrogen-bond acceptors (Lipinski definition) is 7. The van der Waals surface area contributed by atoms with Crippen LogP contribution in [0.25, 0.3) is 0 Å². The number of amides is 2. The molecule has 4 N–H and O–H groups in total. The summed E-state index contributed by atoms with van der Waals surface area (Å²) in [5.74, 6) is 0.645. The minimum absolute atomic E-state index is 0.0376. The monoisotopic (exact) mass is 459 g/mol. The molecule has 0 bridgehead atoms. The van der Waals surface area contributed by atoms with Gasteiger partial charge in [-0.05, 0) is 45.2 Å². The predicted molar refractivity (Wildman–Crippen MR) is 127 cm³/mol. The lowest BCUT2D eigenvalue weighted by atomic mass is 9.94. The molecule has 0 atom stereocenters. The number of nitrogens with two attached hydrogens (primary N) is 1. The second-order valence-electron chi connectivity index (χ2n) is 9.05. The van der Waals surface area contributed by atoms with Gasteiger partial charge in [0.1, 0.15) is 12.3 Å². The normalized spacial score (nSPS) is 16.2. The Balaban J connectivity index is 1.68. The number of nitrogens with zero attached hydrogens (tertiary/aromatic N) is 3. The highest BCUT2D eigenvalue weighted by Gasteiger charge is 2.27. The third kappa shape index (κ3) is 6.83. The molecule has 1 saturated carbocycles. The Labute approximate surface area is 196 Å². The number of carbonyl (C=O) groups excluding carboxylic acids is 2. The van der Waals surface area contributed by atoms with Crippen molar-refractivity contribution >= 4 is 23.5 Å². The number of ether oxygens (including phenoxy) is 1. The molecule has 0 aromatic heterocycles. The maximum Gasteiger partial charge on any atom is 0.260 e. The molecular weight excluding hydrogens is 422 g/mol. The molecule has 9 heteroatoms. The number of aliphatic hydroxyl groups is 1. The van der Waals surface area contributed by atoms with Crippen molar-refractivity contribution in [3.05, 3.63) is 23.8 Å². The average molecular weight is 460 g/mol. The first-order chi connectivity index (χ1) is 15.9. The molecule has 1 heterocycles. The highest BCUT2D eigenvalue weighted by Crippen LogP contribution is 2.33. The van der Waals surface area contributed by atoms with E-state index >= 15 is 0 Å². The van der Waals surface area contributed by atoms with Gasteiger partial charge in [0.2, 0.25) is 5.91 Å². The molecule has 1 fully saturated rings. The molecule has 0 radical (unpaired) electrons. The van der Waals surface area contributed by atoms with Crippen LogP contribution in [0.2, 0.25) is 0 Å². The van der Waals surface area contributed by atoms with Crippen LogP contribution in [0.1, 0.15) is 57.9 Å². The van der Waals surface area contributed by atoms with E-state index in [9.17, 15) is 14.7 Å². The summed E-state index contributed by atoms with van der Waals surface area (Å²) in [5.41, 5.74) is 7.57. The SMILES string of the molecule is CC(C)NC(=O)CN1Cc2c(cccc2OCC(=O)N(CCCO)C2CCCCC2)N=C1N. The highest BCUT2D eigenvalue weighted by atomic mass is 16.5. The summed E-state index contributed by atoms with van der Waals surface area (Å²) in [7, 11) is 0. The van der Waals surface area contributed by atoms with E-state index < -0.39 is 0 Å². The molecule has 182 valence electrons.